The topological polar surface area (TPSA) is 82.1 Å². The zero-order chi connectivity index (χ0) is 24.3. The summed E-state index contributed by atoms with van der Waals surface area (Å²) in [6, 6.07) is 11.2. The van der Waals surface area contributed by atoms with E-state index in [2.05, 4.69) is 4.18 Å². The van der Waals surface area contributed by atoms with E-state index >= 15 is 0 Å². The number of ether oxygens (including phenoxy) is 2. The van der Waals surface area contributed by atoms with Gasteiger partial charge in [0.05, 0.1) is 0 Å². The van der Waals surface area contributed by atoms with Gasteiger partial charge in [-0.1, -0.05) is 25.1 Å². The summed E-state index contributed by atoms with van der Waals surface area (Å²) < 4.78 is 76.9. The number of rotatable bonds is 3. The Labute approximate surface area is 194 Å². The van der Waals surface area contributed by atoms with Crippen LogP contribution >= 0.6 is 0 Å². The average molecular weight is 497 g/mol. The first-order chi connectivity index (χ1) is 16.0. The minimum absolute atomic E-state index is 0.112. The molecule has 2 heterocycles. The maximum Gasteiger partial charge on any atom is 0.534 e. The van der Waals surface area contributed by atoms with Crippen LogP contribution in [0.1, 0.15) is 30.9 Å². The molecule has 0 radical (unpaired) electrons. The van der Waals surface area contributed by atoms with Crippen LogP contribution < -0.4 is 13.7 Å². The Morgan fingerprint density at radius 2 is 1.91 bits per heavy atom. The maximum atomic E-state index is 13.3. The van der Waals surface area contributed by atoms with E-state index in [1.54, 1.807) is 29.2 Å². The third-order valence-corrected chi connectivity index (χ3v) is 7.75. The zero-order valence-electron chi connectivity index (χ0n) is 18.2. The summed E-state index contributed by atoms with van der Waals surface area (Å²) in [6.45, 7) is 2.52. The molecule has 5 rings (SSSR count). The van der Waals surface area contributed by atoms with E-state index in [0.29, 0.717) is 37.3 Å². The molecular weight excluding hydrogens is 475 g/mol. The highest BCUT2D eigenvalue weighted by atomic mass is 32.2. The minimum atomic E-state index is -5.75. The Morgan fingerprint density at radius 1 is 1.18 bits per heavy atom. The third kappa shape index (κ3) is 3.85. The molecule has 2 aliphatic heterocycles. The molecule has 34 heavy (non-hydrogen) atoms. The molecule has 2 aromatic rings. The second kappa shape index (κ2) is 7.79. The van der Waals surface area contributed by atoms with Crippen molar-refractivity contribution in [2.75, 3.05) is 13.2 Å². The highest BCUT2D eigenvalue weighted by Gasteiger charge is 2.49. The molecule has 3 atom stereocenters. The van der Waals surface area contributed by atoms with E-state index in [4.69, 9.17) is 9.47 Å². The monoisotopic (exact) mass is 497 g/mol. The van der Waals surface area contributed by atoms with Gasteiger partial charge >= 0.3 is 15.6 Å². The van der Waals surface area contributed by atoms with Crippen LogP contribution in [0.4, 0.5) is 13.2 Å². The molecule has 182 valence electrons. The number of nitrogens with zero attached hydrogens (tertiary/aromatic N) is 1. The van der Waals surface area contributed by atoms with Crippen molar-refractivity contribution in [3.8, 4) is 17.2 Å². The second-order valence-electron chi connectivity index (χ2n) is 9.07. The summed E-state index contributed by atoms with van der Waals surface area (Å²) in [6.07, 6.45) is 0.879. The summed E-state index contributed by atoms with van der Waals surface area (Å²) >= 11 is 0. The molecule has 11 heteroatoms. The van der Waals surface area contributed by atoms with Gasteiger partial charge < -0.3 is 18.6 Å². The number of amides is 1. The van der Waals surface area contributed by atoms with Crippen molar-refractivity contribution in [3.05, 3.63) is 53.6 Å². The van der Waals surface area contributed by atoms with Gasteiger partial charge in [-0.3, -0.25) is 4.79 Å². The van der Waals surface area contributed by atoms with E-state index in [0.717, 1.165) is 11.1 Å². The highest BCUT2D eigenvalue weighted by molar-refractivity contribution is 7.88. The van der Waals surface area contributed by atoms with Crippen LogP contribution in [0.3, 0.4) is 0 Å². The molecule has 1 saturated heterocycles. The number of carbonyl (C=O) groups excluding carboxylic acids is 1. The fourth-order valence-corrected chi connectivity index (χ4v) is 5.55. The fourth-order valence-electron chi connectivity index (χ4n) is 5.10. The average Bonchev–Trinajstić information content (AvgIpc) is 2.78. The van der Waals surface area contributed by atoms with Crippen LogP contribution in [0.2, 0.25) is 0 Å². The number of hydrogen-bond donors (Lipinski definition) is 0. The van der Waals surface area contributed by atoms with Crippen molar-refractivity contribution in [1.29, 1.82) is 0 Å². The lowest BCUT2D eigenvalue weighted by molar-refractivity contribution is -0.146. The molecule has 2 bridgehead atoms. The van der Waals surface area contributed by atoms with Crippen molar-refractivity contribution in [3.63, 3.8) is 0 Å². The van der Waals surface area contributed by atoms with Gasteiger partial charge in [-0.25, -0.2) is 0 Å². The van der Waals surface area contributed by atoms with Crippen LogP contribution in [-0.2, 0) is 26.7 Å². The van der Waals surface area contributed by atoms with Crippen molar-refractivity contribution in [2.24, 2.45) is 0 Å². The number of alkyl halides is 3. The van der Waals surface area contributed by atoms with Crippen LogP contribution in [0.15, 0.2) is 42.5 Å². The molecular formula is C23H22F3NO6S. The SMILES string of the molecule is C[C@]12CCN(C(=O)[C@H]3COc4ccccc4O3)[C@H](Cc3ccc(OS(=O)(=O)C(F)(F)F)cc31)C2. The van der Waals surface area contributed by atoms with Gasteiger partial charge in [0.25, 0.3) is 5.91 Å². The van der Waals surface area contributed by atoms with Crippen LogP contribution in [0.5, 0.6) is 17.2 Å². The predicted molar refractivity (Wildman–Crippen MR) is 114 cm³/mol. The molecule has 0 spiro atoms. The Morgan fingerprint density at radius 3 is 2.65 bits per heavy atom. The smallest absolute Gasteiger partial charge is 0.485 e. The van der Waals surface area contributed by atoms with Crippen molar-refractivity contribution in [1.82, 2.24) is 4.90 Å². The standard InChI is InChI=1S/C23H22F3NO6S/c1-22-8-9-27(21(28)20-13-31-18-4-2-3-5-19(18)32-20)15(12-22)10-14-6-7-16(11-17(14)22)33-34(29,30)23(24,25)26/h2-7,11,15,20H,8-10,12-13H2,1H3/t15-,20-,22-/m1/s1. The summed E-state index contributed by atoms with van der Waals surface area (Å²) in [5, 5.41) is 0. The lowest BCUT2D eigenvalue weighted by atomic mass is 9.65. The lowest BCUT2D eigenvalue weighted by Crippen LogP contribution is -2.58. The first kappa shape index (κ1) is 22.8. The quantitative estimate of drug-likeness (QED) is 0.477. The Hall–Kier alpha value is -2.95. The number of halogens is 3. The number of fused-ring (bicyclic) bond motifs is 5. The summed E-state index contributed by atoms with van der Waals surface area (Å²) in [7, 11) is -5.75. The van der Waals surface area contributed by atoms with Crippen LogP contribution in [0, 0.1) is 0 Å². The fraction of sp³-hybridized carbons (Fsp3) is 0.435. The maximum absolute atomic E-state index is 13.3. The Bertz CT molecular complexity index is 1250. The molecule has 0 unspecified atom stereocenters. The van der Waals surface area contributed by atoms with Crippen LogP contribution in [0.25, 0.3) is 0 Å². The van der Waals surface area contributed by atoms with E-state index in [-0.39, 0.29) is 24.3 Å². The predicted octanol–water partition coefficient (Wildman–Crippen LogP) is 3.56. The zero-order valence-corrected chi connectivity index (χ0v) is 19.0. The Kier molecular flexibility index (Phi) is 5.23. The number of carbonyl (C=O) groups is 1. The number of benzene rings is 2. The molecule has 7 nitrogen and oxygen atoms in total. The molecule has 1 aliphatic carbocycles. The van der Waals surface area contributed by atoms with Gasteiger partial charge in [0.1, 0.15) is 12.4 Å². The van der Waals surface area contributed by atoms with Gasteiger partial charge in [-0.2, -0.15) is 21.6 Å². The van der Waals surface area contributed by atoms with Gasteiger partial charge in [-0.15, -0.1) is 0 Å². The number of piperidine rings is 1. The third-order valence-electron chi connectivity index (χ3n) is 6.78. The molecule has 3 aliphatic rings. The lowest BCUT2D eigenvalue weighted by Gasteiger charge is -2.50. The van der Waals surface area contributed by atoms with E-state index in [9.17, 15) is 26.4 Å². The molecule has 0 saturated carbocycles. The summed E-state index contributed by atoms with van der Waals surface area (Å²) in [4.78, 5) is 15.1. The molecule has 2 aromatic carbocycles. The largest absolute Gasteiger partial charge is 0.534 e. The summed E-state index contributed by atoms with van der Waals surface area (Å²) in [5.41, 5.74) is -4.35. The van der Waals surface area contributed by atoms with Gasteiger partial charge in [0.15, 0.2) is 11.5 Å². The number of para-hydroxylation sites is 2. The number of hydrogen-bond acceptors (Lipinski definition) is 6. The van der Waals surface area contributed by atoms with E-state index in [1.165, 1.54) is 12.1 Å². The summed E-state index contributed by atoms with van der Waals surface area (Å²) in [5.74, 6) is 0.570. The van der Waals surface area contributed by atoms with Crippen molar-refractivity contribution < 1.29 is 40.0 Å². The normalized spacial score (nSPS) is 25.9. The molecule has 0 aromatic heterocycles. The van der Waals surface area contributed by atoms with Crippen molar-refractivity contribution in [2.45, 2.75) is 49.3 Å². The highest BCUT2D eigenvalue weighted by Crippen LogP contribution is 2.46. The van der Waals surface area contributed by atoms with Gasteiger partial charge in [0, 0.05) is 12.6 Å². The van der Waals surface area contributed by atoms with Gasteiger partial charge in [0.2, 0.25) is 6.10 Å². The van der Waals surface area contributed by atoms with E-state index < -0.39 is 27.1 Å². The van der Waals surface area contributed by atoms with Crippen molar-refractivity contribution >= 4 is 16.0 Å². The molecule has 1 fully saturated rings. The van der Waals surface area contributed by atoms with Gasteiger partial charge in [-0.05, 0) is 60.1 Å². The first-order valence-electron chi connectivity index (χ1n) is 10.8. The first-order valence-corrected chi connectivity index (χ1v) is 12.2. The number of likely N-dealkylation sites (tertiary alicyclic amines) is 1. The van der Waals surface area contributed by atoms with E-state index in [1.807, 2.05) is 13.0 Å². The van der Waals surface area contributed by atoms with Crippen LogP contribution in [-0.4, -0.2) is 50.0 Å². The minimum Gasteiger partial charge on any atom is -0.485 e. The Balaban J connectivity index is 1.36. The molecule has 0 N–H and O–H groups in total. The molecule has 1 amide bonds. The second-order valence-corrected chi connectivity index (χ2v) is 10.6.